The van der Waals surface area contributed by atoms with Crippen LogP contribution in [0.4, 0.5) is 5.69 Å². The summed E-state index contributed by atoms with van der Waals surface area (Å²) in [6, 6.07) is 21.1. The van der Waals surface area contributed by atoms with Crippen LogP contribution in [0.5, 0.6) is 5.75 Å². The summed E-state index contributed by atoms with van der Waals surface area (Å²) in [6.45, 7) is 4.50. The van der Waals surface area contributed by atoms with E-state index in [0.717, 1.165) is 33.7 Å². The highest BCUT2D eigenvalue weighted by atomic mass is 35.5. The lowest BCUT2D eigenvalue weighted by Crippen LogP contribution is -2.28. The first-order valence-electron chi connectivity index (χ1n) is 9.74. The van der Waals surface area contributed by atoms with Gasteiger partial charge in [0.05, 0.1) is 10.6 Å². The van der Waals surface area contributed by atoms with Gasteiger partial charge in [-0.2, -0.15) is 0 Å². The molecule has 0 bridgehead atoms. The number of anilines is 1. The van der Waals surface area contributed by atoms with Crippen LogP contribution >= 0.6 is 35.6 Å². The van der Waals surface area contributed by atoms with Gasteiger partial charge in [0, 0.05) is 5.02 Å². The predicted molar refractivity (Wildman–Crippen MR) is 134 cm³/mol. The third-order valence-corrected chi connectivity index (χ3v) is 6.66. The topological polar surface area (TPSA) is 29.5 Å². The highest BCUT2D eigenvalue weighted by Gasteiger charge is 2.34. The maximum Gasteiger partial charge on any atom is 0.270 e. The van der Waals surface area contributed by atoms with Gasteiger partial charge in [0.25, 0.3) is 5.91 Å². The molecule has 0 aromatic heterocycles. The van der Waals surface area contributed by atoms with Gasteiger partial charge in [-0.3, -0.25) is 9.69 Å². The number of thioether (sulfide) groups is 1. The second-order valence-electron chi connectivity index (χ2n) is 7.22. The van der Waals surface area contributed by atoms with E-state index in [2.05, 4.69) is 0 Å². The van der Waals surface area contributed by atoms with E-state index in [1.807, 2.05) is 86.7 Å². The number of halogens is 1. The van der Waals surface area contributed by atoms with Gasteiger partial charge < -0.3 is 4.74 Å². The average Bonchev–Trinajstić information content (AvgIpc) is 3.04. The minimum Gasteiger partial charge on any atom is -0.489 e. The lowest BCUT2D eigenvalue weighted by molar-refractivity contribution is -0.113. The van der Waals surface area contributed by atoms with Crippen molar-refractivity contribution in [1.29, 1.82) is 0 Å². The van der Waals surface area contributed by atoms with Crippen LogP contribution in [0, 0.1) is 13.8 Å². The van der Waals surface area contributed by atoms with Crippen LogP contribution in [0.25, 0.3) is 6.08 Å². The first kappa shape index (κ1) is 21.6. The van der Waals surface area contributed by atoms with Crippen molar-refractivity contribution >= 4 is 57.6 Å². The highest BCUT2D eigenvalue weighted by Crippen LogP contribution is 2.38. The number of hydrogen-bond donors (Lipinski definition) is 0. The SMILES string of the molecule is Cc1cccc(N2C(=O)/C(=C/c3ccc(OCc4ccc(Cl)cc4)cc3)SC2=S)c1C. The molecule has 1 fully saturated rings. The standard InChI is InChI=1S/C25H20ClNO2S2/c1-16-4-3-5-22(17(16)2)27-24(28)23(31-25(27)30)14-18-8-12-21(13-9-18)29-15-19-6-10-20(26)11-7-19/h3-14H,15H2,1-2H3/b23-14-. The monoisotopic (exact) mass is 465 g/mol. The molecule has 1 heterocycles. The molecule has 156 valence electrons. The second kappa shape index (κ2) is 9.27. The van der Waals surface area contributed by atoms with E-state index in [0.29, 0.717) is 20.9 Å². The Morgan fingerprint density at radius 1 is 1.03 bits per heavy atom. The first-order chi connectivity index (χ1) is 14.9. The Bertz CT molecular complexity index is 1170. The Morgan fingerprint density at radius 2 is 1.74 bits per heavy atom. The number of hydrogen-bond acceptors (Lipinski definition) is 4. The fourth-order valence-electron chi connectivity index (χ4n) is 3.21. The number of benzene rings is 3. The van der Waals surface area contributed by atoms with Gasteiger partial charge >= 0.3 is 0 Å². The summed E-state index contributed by atoms with van der Waals surface area (Å²) in [6.07, 6.45) is 1.87. The molecule has 3 nitrogen and oxygen atoms in total. The van der Waals surface area contributed by atoms with Crippen LogP contribution in [-0.4, -0.2) is 10.2 Å². The first-order valence-corrected chi connectivity index (χ1v) is 11.3. The Balaban J connectivity index is 1.47. The van der Waals surface area contributed by atoms with Crippen molar-refractivity contribution in [1.82, 2.24) is 0 Å². The number of thiocarbonyl (C=S) groups is 1. The van der Waals surface area contributed by atoms with Crippen molar-refractivity contribution in [3.8, 4) is 5.75 Å². The Labute approximate surface area is 196 Å². The summed E-state index contributed by atoms with van der Waals surface area (Å²) in [5, 5.41) is 0.705. The van der Waals surface area contributed by atoms with E-state index in [9.17, 15) is 4.79 Å². The van der Waals surface area contributed by atoms with Gasteiger partial charge in [0.1, 0.15) is 12.4 Å². The Hall–Kier alpha value is -2.60. The van der Waals surface area contributed by atoms with E-state index in [-0.39, 0.29) is 5.91 Å². The van der Waals surface area contributed by atoms with Crippen molar-refractivity contribution in [2.75, 3.05) is 4.90 Å². The largest absolute Gasteiger partial charge is 0.489 e. The third-order valence-electron chi connectivity index (χ3n) is 5.11. The zero-order valence-corrected chi connectivity index (χ0v) is 19.5. The van der Waals surface area contributed by atoms with Crippen LogP contribution in [-0.2, 0) is 11.4 Å². The van der Waals surface area contributed by atoms with Gasteiger partial charge in [0.2, 0.25) is 0 Å². The molecule has 0 aliphatic carbocycles. The molecule has 0 N–H and O–H groups in total. The number of ether oxygens (including phenoxy) is 1. The molecule has 0 spiro atoms. The average molecular weight is 466 g/mol. The Morgan fingerprint density at radius 3 is 2.45 bits per heavy atom. The van der Waals surface area contributed by atoms with Crippen LogP contribution in [0.3, 0.4) is 0 Å². The quantitative estimate of drug-likeness (QED) is 0.301. The van der Waals surface area contributed by atoms with Gasteiger partial charge in [-0.05, 0) is 72.5 Å². The molecule has 31 heavy (non-hydrogen) atoms. The molecule has 0 unspecified atom stereocenters. The van der Waals surface area contributed by atoms with Crippen molar-refractivity contribution in [3.63, 3.8) is 0 Å². The summed E-state index contributed by atoms with van der Waals surface area (Å²) in [7, 11) is 0. The van der Waals surface area contributed by atoms with Crippen LogP contribution in [0.15, 0.2) is 71.6 Å². The number of rotatable bonds is 5. The minimum atomic E-state index is -0.0910. The number of aryl methyl sites for hydroxylation is 1. The summed E-state index contributed by atoms with van der Waals surface area (Å²) in [4.78, 5) is 15.3. The molecule has 0 atom stereocenters. The van der Waals surface area contributed by atoms with Crippen LogP contribution < -0.4 is 9.64 Å². The summed E-state index contributed by atoms with van der Waals surface area (Å²) in [5.41, 5.74) is 4.99. The van der Waals surface area contributed by atoms with E-state index < -0.39 is 0 Å². The molecule has 6 heteroatoms. The van der Waals surface area contributed by atoms with E-state index >= 15 is 0 Å². The number of nitrogens with zero attached hydrogens (tertiary/aromatic N) is 1. The Kier molecular flexibility index (Phi) is 6.46. The smallest absolute Gasteiger partial charge is 0.270 e. The van der Waals surface area contributed by atoms with E-state index in [1.54, 1.807) is 4.90 Å². The fraction of sp³-hybridized carbons (Fsp3) is 0.120. The zero-order valence-electron chi connectivity index (χ0n) is 17.1. The lowest BCUT2D eigenvalue weighted by Gasteiger charge is -2.18. The molecule has 3 aromatic carbocycles. The van der Waals surface area contributed by atoms with Crippen LogP contribution in [0.1, 0.15) is 22.3 Å². The number of amides is 1. The summed E-state index contributed by atoms with van der Waals surface area (Å²) in [5.74, 6) is 0.668. The summed E-state index contributed by atoms with van der Waals surface area (Å²) >= 11 is 12.7. The molecular formula is C25H20ClNO2S2. The van der Waals surface area contributed by atoms with Crippen LogP contribution in [0.2, 0.25) is 5.02 Å². The van der Waals surface area contributed by atoms with Gasteiger partial charge in [-0.1, -0.05) is 72.0 Å². The molecule has 1 saturated heterocycles. The highest BCUT2D eigenvalue weighted by molar-refractivity contribution is 8.27. The fourth-order valence-corrected chi connectivity index (χ4v) is 4.62. The van der Waals surface area contributed by atoms with E-state index in [4.69, 9.17) is 28.6 Å². The molecular weight excluding hydrogens is 446 g/mol. The van der Waals surface area contributed by atoms with Gasteiger partial charge in [-0.25, -0.2) is 0 Å². The number of carbonyl (C=O) groups is 1. The second-order valence-corrected chi connectivity index (χ2v) is 9.33. The molecule has 1 aliphatic rings. The molecule has 0 saturated carbocycles. The predicted octanol–water partition coefficient (Wildman–Crippen LogP) is 6.94. The molecule has 1 aliphatic heterocycles. The van der Waals surface area contributed by atoms with Gasteiger partial charge in [-0.15, -0.1) is 0 Å². The third kappa shape index (κ3) is 4.85. The molecule has 0 radical (unpaired) electrons. The minimum absolute atomic E-state index is 0.0910. The van der Waals surface area contributed by atoms with Crippen molar-refractivity contribution in [2.45, 2.75) is 20.5 Å². The van der Waals surface area contributed by atoms with Crippen molar-refractivity contribution < 1.29 is 9.53 Å². The molecule has 3 aromatic rings. The maximum absolute atomic E-state index is 13.0. The number of carbonyl (C=O) groups excluding carboxylic acids is 1. The zero-order chi connectivity index (χ0) is 22.0. The maximum atomic E-state index is 13.0. The molecule has 4 rings (SSSR count). The lowest BCUT2D eigenvalue weighted by atomic mass is 10.1. The van der Waals surface area contributed by atoms with Gasteiger partial charge in [0.15, 0.2) is 4.32 Å². The normalized spacial score (nSPS) is 15.1. The van der Waals surface area contributed by atoms with E-state index in [1.165, 1.54) is 11.8 Å². The van der Waals surface area contributed by atoms with Crippen molar-refractivity contribution in [2.24, 2.45) is 0 Å². The van der Waals surface area contributed by atoms with Crippen molar-refractivity contribution in [3.05, 3.63) is 98.9 Å². The molecule has 1 amide bonds. The summed E-state index contributed by atoms with van der Waals surface area (Å²) < 4.78 is 6.38.